The Bertz CT molecular complexity index is 519. The summed E-state index contributed by atoms with van der Waals surface area (Å²) in [4.78, 5) is 22.8. The van der Waals surface area contributed by atoms with Crippen LogP contribution in [0.5, 0.6) is 5.75 Å². The van der Waals surface area contributed by atoms with E-state index >= 15 is 0 Å². The highest BCUT2D eigenvalue weighted by Gasteiger charge is 2.21. The summed E-state index contributed by atoms with van der Waals surface area (Å²) in [5, 5.41) is 11.6. The molecule has 0 aliphatic heterocycles. The molecule has 6 nitrogen and oxygen atoms in total. The predicted octanol–water partition coefficient (Wildman–Crippen LogP) is 3.00. The lowest BCUT2D eigenvalue weighted by atomic mass is 10.0. The van der Waals surface area contributed by atoms with E-state index in [1.165, 1.54) is 0 Å². The molecule has 0 spiro atoms. The lowest BCUT2D eigenvalue weighted by molar-refractivity contribution is -0.137. The first-order valence-electron chi connectivity index (χ1n) is 7.62. The van der Waals surface area contributed by atoms with Gasteiger partial charge in [0, 0.05) is 6.04 Å². The van der Waals surface area contributed by atoms with Gasteiger partial charge in [0.15, 0.2) is 0 Å². The molecule has 1 rings (SSSR count). The normalized spacial score (nSPS) is 12.3. The topological polar surface area (TPSA) is 84.9 Å². The van der Waals surface area contributed by atoms with Gasteiger partial charge in [-0.3, -0.25) is 4.79 Å². The summed E-state index contributed by atoms with van der Waals surface area (Å²) in [7, 11) is 0. The first-order chi connectivity index (χ1) is 10.7. The average molecular weight is 323 g/mol. The van der Waals surface area contributed by atoms with Gasteiger partial charge in [0.1, 0.15) is 11.4 Å². The van der Waals surface area contributed by atoms with E-state index in [0.717, 1.165) is 11.3 Å². The minimum atomic E-state index is -0.975. The van der Waals surface area contributed by atoms with Crippen LogP contribution in [0.1, 0.15) is 39.7 Å². The Morgan fingerprint density at radius 3 is 2.30 bits per heavy atom. The van der Waals surface area contributed by atoms with Crippen LogP contribution < -0.4 is 10.1 Å². The molecule has 0 radical (unpaired) electrons. The van der Waals surface area contributed by atoms with Crippen molar-refractivity contribution in [3.63, 3.8) is 0 Å². The summed E-state index contributed by atoms with van der Waals surface area (Å²) in [5.41, 5.74) is 0.285. The Balaban J connectivity index is 2.70. The quantitative estimate of drug-likeness (QED) is 0.806. The Hall–Kier alpha value is -2.24. The van der Waals surface area contributed by atoms with Crippen LogP contribution in [0.3, 0.4) is 0 Å². The zero-order valence-corrected chi connectivity index (χ0v) is 14.1. The third kappa shape index (κ3) is 8.09. The summed E-state index contributed by atoms with van der Waals surface area (Å²) in [6.07, 6.45) is -0.389. The second kappa shape index (κ2) is 8.41. The minimum Gasteiger partial charge on any atom is -0.494 e. The van der Waals surface area contributed by atoms with Crippen molar-refractivity contribution in [1.29, 1.82) is 0 Å². The fourth-order valence-electron chi connectivity index (χ4n) is 2.03. The van der Waals surface area contributed by atoms with E-state index in [2.05, 4.69) is 5.32 Å². The van der Waals surface area contributed by atoms with E-state index in [-0.39, 0.29) is 6.42 Å². The van der Waals surface area contributed by atoms with Gasteiger partial charge in [-0.15, -0.1) is 0 Å². The van der Waals surface area contributed by atoms with Crippen molar-refractivity contribution in [2.24, 2.45) is 0 Å². The summed E-state index contributed by atoms with van der Waals surface area (Å²) in [5.74, 6) is -0.219. The number of benzene rings is 1. The van der Waals surface area contributed by atoms with E-state index in [9.17, 15) is 9.59 Å². The van der Waals surface area contributed by atoms with Crippen LogP contribution in [0.2, 0.25) is 0 Å². The number of carboxylic acids is 1. The number of ether oxygens (including phenoxy) is 2. The van der Waals surface area contributed by atoms with Crippen molar-refractivity contribution >= 4 is 12.1 Å². The van der Waals surface area contributed by atoms with Gasteiger partial charge in [-0.25, -0.2) is 4.79 Å². The van der Waals surface area contributed by atoms with E-state index in [4.69, 9.17) is 14.6 Å². The molecule has 1 aromatic rings. The number of hydrogen-bond donors (Lipinski definition) is 2. The first kappa shape index (κ1) is 18.8. The van der Waals surface area contributed by atoms with Crippen molar-refractivity contribution in [2.45, 2.75) is 52.2 Å². The van der Waals surface area contributed by atoms with Crippen molar-refractivity contribution in [2.75, 3.05) is 6.61 Å². The lowest BCUT2D eigenvalue weighted by Gasteiger charge is -2.23. The predicted molar refractivity (Wildman–Crippen MR) is 86.7 cm³/mol. The Morgan fingerprint density at radius 2 is 1.83 bits per heavy atom. The van der Waals surface area contributed by atoms with Crippen LogP contribution in [-0.4, -0.2) is 35.4 Å². The monoisotopic (exact) mass is 323 g/mol. The standard InChI is InChI=1S/C17H25NO5/c1-5-22-14-8-6-12(7-9-14)10-13(11-15(19)20)18-16(21)23-17(2,3)4/h6-9,13H,5,10-11H2,1-4H3,(H,18,21)(H,19,20). The maximum atomic E-state index is 11.8. The molecule has 1 aromatic carbocycles. The molecule has 128 valence electrons. The lowest BCUT2D eigenvalue weighted by Crippen LogP contribution is -2.41. The van der Waals surface area contributed by atoms with E-state index < -0.39 is 23.7 Å². The van der Waals surface area contributed by atoms with E-state index in [1.54, 1.807) is 20.8 Å². The number of carbonyl (C=O) groups is 2. The zero-order valence-electron chi connectivity index (χ0n) is 14.1. The molecular formula is C17H25NO5. The number of rotatable bonds is 7. The summed E-state index contributed by atoms with van der Waals surface area (Å²) in [6.45, 7) is 7.75. The van der Waals surface area contributed by atoms with Gasteiger partial charge in [-0.2, -0.15) is 0 Å². The molecule has 0 fully saturated rings. The average Bonchev–Trinajstić information content (AvgIpc) is 2.38. The smallest absolute Gasteiger partial charge is 0.407 e. The SMILES string of the molecule is CCOc1ccc(CC(CC(=O)O)NC(=O)OC(C)(C)C)cc1. The largest absolute Gasteiger partial charge is 0.494 e. The van der Waals surface area contributed by atoms with Crippen LogP contribution in [0, 0.1) is 0 Å². The number of alkyl carbamates (subject to hydrolysis) is 1. The molecule has 0 saturated carbocycles. The molecule has 0 bridgehead atoms. The number of aliphatic carboxylic acids is 1. The fraction of sp³-hybridized carbons (Fsp3) is 0.529. The molecule has 6 heteroatoms. The van der Waals surface area contributed by atoms with Crippen LogP contribution in [0.25, 0.3) is 0 Å². The first-order valence-corrected chi connectivity index (χ1v) is 7.62. The summed E-state index contributed by atoms with van der Waals surface area (Å²) in [6, 6.07) is 6.82. The number of hydrogen-bond acceptors (Lipinski definition) is 4. The molecule has 0 aliphatic rings. The molecular weight excluding hydrogens is 298 g/mol. The van der Waals surface area contributed by atoms with Crippen molar-refractivity contribution in [1.82, 2.24) is 5.32 Å². The Morgan fingerprint density at radius 1 is 1.22 bits per heavy atom. The van der Waals surface area contributed by atoms with Gasteiger partial charge in [0.2, 0.25) is 0 Å². The molecule has 2 N–H and O–H groups in total. The van der Waals surface area contributed by atoms with E-state index in [1.807, 2.05) is 31.2 Å². The zero-order chi connectivity index (χ0) is 17.5. The summed E-state index contributed by atoms with van der Waals surface area (Å²) >= 11 is 0. The Labute approximate surface area is 136 Å². The van der Waals surface area contributed by atoms with Crippen molar-refractivity contribution < 1.29 is 24.2 Å². The minimum absolute atomic E-state index is 0.174. The van der Waals surface area contributed by atoms with Crippen molar-refractivity contribution in [3.05, 3.63) is 29.8 Å². The highest BCUT2D eigenvalue weighted by atomic mass is 16.6. The molecule has 0 saturated heterocycles. The number of nitrogens with one attached hydrogen (secondary N) is 1. The number of carbonyl (C=O) groups excluding carboxylic acids is 1. The number of amides is 1. The molecule has 1 atom stereocenters. The van der Waals surface area contributed by atoms with Crippen LogP contribution in [0.4, 0.5) is 4.79 Å². The van der Waals surface area contributed by atoms with Gasteiger partial charge >= 0.3 is 12.1 Å². The molecule has 1 unspecified atom stereocenters. The van der Waals surface area contributed by atoms with Gasteiger partial charge in [-0.1, -0.05) is 12.1 Å². The van der Waals surface area contributed by atoms with Gasteiger partial charge < -0.3 is 19.9 Å². The second-order valence-corrected chi connectivity index (χ2v) is 6.22. The molecule has 0 aliphatic carbocycles. The van der Waals surface area contributed by atoms with E-state index in [0.29, 0.717) is 13.0 Å². The van der Waals surface area contributed by atoms with Gasteiger partial charge in [0.25, 0.3) is 0 Å². The Kier molecular flexibility index (Phi) is 6.88. The second-order valence-electron chi connectivity index (χ2n) is 6.22. The van der Waals surface area contributed by atoms with Crippen molar-refractivity contribution in [3.8, 4) is 5.75 Å². The number of carboxylic acid groups (broad SMARTS) is 1. The van der Waals surface area contributed by atoms with Crippen LogP contribution in [0.15, 0.2) is 24.3 Å². The molecule has 0 aromatic heterocycles. The van der Waals surface area contributed by atoms with Gasteiger partial charge in [0.05, 0.1) is 13.0 Å². The van der Waals surface area contributed by atoms with Crippen LogP contribution >= 0.6 is 0 Å². The maximum absolute atomic E-state index is 11.8. The molecule has 0 heterocycles. The maximum Gasteiger partial charge on any atom is 0.407 e. The van der Waals surface area contributed by atoms with Gasteiger partial charge in [-0.05, 0) is 51.8 Å². The fourth-order valence-corrected chi connectivity index (χ4v) is 2.03. The molecule has 1 amide bonds. The van der Waals surface area contributed by atoms with Crippen LogP contribution in [-0.2, 0) is 16.0 Å². The summed E-state index contributed by atoms with van der Waals surface area (Å²) < 4.78 is 10.5. The third-order valence-corrected chi connectivity index (χ3v) is 2.86. The third-order valence-electron chi connectivity index (χ3n) is 2.86. The molecule has 23 heavy (non-hydrogen) atoms. The highest BCUT2D eigenvalue weighted by Crippen LogP contribution is 2.15. The highest BCUT2D eigenvalue weighted by molar-refractivity contribution is 5.71.